The molecule has 0 saturated carbocycles. The minimum absolute atomic E-state index is 0.0609. The molecular formula is C18H28N2O. The number of nitrogens with one attached hydrogen (secondary N) is 1. The molecule has 1 heterocycles. The highest BCUT2D eigenvalue weighted by Gasteiger charge is 2.27. The van der Waals surface area contributed by atoms with Crippen molar-refractivity contribution in [3.05, 3.63) is 35.4 Å². The minimum Gasteiger partial charge on any atom is -0.341 e. The Morgan fingerprint density at radius 2 is 1.90 bits per heavy atom. The second-order valence-electron chi connectivity index (χ2n) is 5.97. The van der Waals surface area contributed by atoms with Crippen LogP contribution in [0.25, 0.3) is 0 Å². The Kier molecular flexibility index (Phi) is 5.80. The molecule has 1 aliphatic heterocycles. The summed E-state index contributed by atoms with van der Waals surface area (Å²) < 4.78 is 0. The summed E-state index contributed by atoms with van der Waals surface area (Å²) >= 11 is 0. The molecule has 1 atom stereocenters. The van der Waals surface area contributed by atoms with Crippen molar-refractivity contribution in [2.45, 2.75) is 52.6 Å². The first kappa shape index (κ1) is 16.0. The van der Waals surface area contributed by atoms with Crippen LogP contribution in [0.1, 0.15) is 44.7 Å². The number of amides is 1. The van der Waals surface area contributed by atoms with Gasteiger partial charge >= 0.3 is 0 Å². The molecule has 0 aromatic heterocycles. The molecule has 1 aromatic rings. The molecule has 1 aromatic carbocycles. The average molecular weight is 288 g/mol. The standard InChI is InChI=1S/C18H28N2O/c1-4-14(5-2)13-20(6-3)18(21)17-11-15-9-7-8-10-16(15)12-19-17/h7-10,14,17,19H,4-6,11-13H2,1-3H3. The molecule has 0 fully saturated rings. The van der Waals surface area contributed by atoms with Crippen molar-refractivity contribution < 1.29 is 4.79 Å². The van der Waals surface area contributed by atoms with Gasteiger partial charge in [0.1, 0.15) is 0 Å². The van der Waals surface area contributed by atoms with E-state index in [2.05, 4.69) is 50.4 Å². The Hall–Kier alpha value is -1.35. The highest BCUT2D eigenvalue weighted by Crippen LogP contribution is 2.18. The molecule has 0 saturated heterocycles. The Morgan fingerprint density at radius 3 is 2.52 bits per heavy atom. The highest BCUT2D eigenvalue weighted by atomic mass is 16.2. The topological polar surface area (TPSA) is 32.3 Å². The van der Waals surface area contributed by atoms with Gasteiger partial charge in [0.05, 0.1) is 6.04 Å². The van der Waals surface area contributed by atoms with Crippen LogP contribution in [0.15, 0.2) is 24.3 Å². The summed E-state index contributed by atoms with van der Waals surface area (Å²) in [6.45, 7) is 8.99. The van der Waals surface area contributed by atoms with E-state index in [-0.39, 0.29) is 11.9 Å². The van der Waals surface area contributed by atoms with Crippen LogP contribution in [0, 0.1) is 5.92 Å². The molecule has 0 radical (unpaired) electrons. The first-order chi connectivity index (χ1) is 10.2. The number of carbonyl (C=O) groups excluding carboxylic acids is 1. The van der Waals surface area contributed by atoms with Gasteiger partial charge in [0.15, 0.2) is 0 Å². The van der Waals surface area contributed by atoms with Crippen molar-refractivity contribution in [3.8, 4) is 0 Å². The summed E-state index contributed by atoms with van der Waals surface area (Å²) in [6, 6.07) is 8.36. The van der Waals surface area contributed by atoms with Crippen LogP contribution in [0.3, 0.4) is 0 Å². The molecular weight excluding hydrogens is 260 g/mol. The van der Waals surface area contributed by atoms with E-state index < -0.39 is 0 Å². The van der Waals surface area contributed by atoms with Gasteiger partial charge in [0.2, 0.25) is 5.91 Å². The minimum atomic E-state index is -0.0609. The van der Waals surface area contributed by atoms with Crippen molar-refractivity contribution in [3.63, 3.8) is 0 Å². The monoisotopic (exact) mass is 288 g/mol. The average Bonchev–Trinajstić information content (AvgIpc) is 2.55. The number of hydrogen-bond donors (Lipinski definition) is 1. The fraction of sp³-hybridized carbons (Fsp3) is 0.611. The van der Waals surface area contributed by atoms with Crippen molar-refractivity contribution >= 4 is 5.91 Å². The van der Waals surface area contributed by atoms with E-state index in [9.17, 15) is 4.79 Å². The third kappa shape index (κ3) is 3.85. The summed E-state index contributed by atoms with van der Waals surface area (Å²) in [7, 11) is 0. The zero-order valence-corrected chi connectivity index (χ0v) is 13.6. The largest absolute Gasteiger partial charge is 0.341 e. The van der Waals surface area contributed by atoms with Crippen LogP contribution in [-0.4, -0.2) is 29.9 Å². The van der Waals surface area contributed by atoms with Gasteiger partial charge in [-0.05, 0) is 30.4 Å². The van der Waals surface area contributed by atoms with Gasteiger partial charge in [0, 0.05) is 19.6 Å². The Morgan fingerprint density at radius 1 is 1.24 bits per heavy atom. The van der Waals surface area contributed by atoms with Crippen LogP contribution < -0.4 is 5.32 Å². The predicted molar refractivity (Wildman–Crippen MR) is 87.1 cm³/mol. The lowest BCUT2D eigenvalue weighted by atomic mass is 9.94. The Balaban J connectivity index is 2.02. The number of rotatable bonds is 6. The zero-order valence-electron chi connectivity index (χ0n) is 13.6. The molecule has 2 rings (SSSR count). The van der Waals surface area contributed by atoms with Crippen LogP contribution in [0.5, 0.6) is 0 Å². The molecule has 3 nitrogen and oxygen atoms in total. The third-order valence-electron chi connectivity index (χ3n) is 4.71. The molecule has 116 valence electrons. The summed E-state index contributed by atoms with van der Waals surface area (Å²) in [5.41, 5.74) is 2.64. The predicted octanol–water partition coefficient (Wildman–Crippen LogP) is 2.99. The molecule has 1 unspecified atom stereocenters. The van der Waals surface area contributed by atoms with Crippen LogP contribution >= 0.6 is 0 Å². The lowest BCUT2D eigenvalue weighted by Crippen LogP contribution is -2.50. The van der Waals surface area contributed by atoms with E-state index >= 15 is 0 Å². The second kappa shape index (κ2) is 7.60. The number of fused-ring (bicyclic) bond motifs is 1. The number of likely N-dealkylation sites (N-methyl/N-ethyl adjacent to an activating group) is 1. The number of carbonyl (C=O) groups is 1. The summed E-state index contributed by atoms with van der Waals surface area (Å²) in [4.78, 5) is 14.8. The molecule has 0 bridgehead atoms. The summed E-state index contributed by atoms with van der Waals surface area (Å²) in [5, 5.41) is 3.41. The van der Waals surface area contributed by atoms with E-state index in [1.165, 1.54) is 11.1 Å². The summed E-state index contributed by atoms with van der Waals surface area (Å²) in [6.07, 6.45) is 3.09. The van der Waals surface area contributed by atoms with Crippen molar-refractivity contribution in [2.75, 3.05) is 13.1 Å². The molecule has 0 spiro atoms. The van der Waals surface area contributed by atoms with Crippen LogP contribution in [0.4, 0.5) is 0 Å². The Labute approximate surface area is 128 Å². The van der Waals surface area contributed by atoms with Gasteiger partial charge in [-0.3, -0.25) is 4.79 Å². The molecule has 1 amide bonds. The van der Waals surface area contributed by atoms with Gasteiger partial charge in [0.25, 0.3) is 0 Å². The molecule has 0 aliphatic carbocycles. The summed E-state index contributed by atoms with van der Waals surface area (Å²) in [5.74, 6) is 0.878. The molecule has 1 aliphatic rings. The van der Waals surface area contributed by atoms with E-state index in [1.807, 2.05) is 4.90 Å². The van der Waals surface area contributed by atoms with E-state index in [0.29, 0.717) is 5.92 Å². The molecule has 3 heteroatoms. The van der Waals surface area contributed by atoms with Crippen molar-refractivity contribution in [1.29, 1.82) is 0 Å². The first-order valence-electron chi connectivity index (χ1n) is 8.28. The first-order valence-corrected chi connectivity index (χ1v) is 8.28. The SMILES string of the molecule is CCC(CC)CN(CC)C(=O)C1Cc2ccccc2CN1. The van der Waals surface area contributed by atoms with Gasteiger partial charge in [-0.15, -0.1) is 0 Å². The molecule has 1 N–H and O–H groups in total. The van der Waals surface area contributed by atoms with Gasteiger partial charge in [-0.2, -0.15) is 0 Å². The normalized spacial score (nSPS) is 17.6. The van der Waals surface area contributed by atoms with Crippen molar-refractivity contribution in [1.82, 2.24) is 10.2 Å². The number of nitrogens with zero attached hydrogens (tertiary/aromatic N) is 1. The second-order valence-corrected chi connectivity index (χ2v) is 5.97. The van der Waals surface area contributed by atoms with Crippen LogP contribution in [-0.2, 0) is 17.8 Å². The van der Waals surface area contributed by atoms with Gasteiger partial charge in [-0.25, -0.2) is 0 Å². The highest BCUT2D eigenvalue weighted by molar-refractivity contribution is 5.82. The quantitative estimate of drug-likeness (QED) is 0.873. The Bertz CT molecular complexity index is 468. The van der Waals surface area contributed by atoms with E-state index in [1.54, 1.807) is 0 Å². The fourth-order valence-electron chi connectivity index (χ4n) is 3.08. The lowest BCUT2D eigenvalue weighted by molar-refractivity contribution is -0.134. The van der Waals surface area contributed by atoms with E-state index in [0.717, 1.165) is 38.9 Å². The maximum atomic E-state index is 12.8. The fourth-order valence-corrected chi connectivity index (χ4v) is 3.08. The maximum Gasteiger partial charge on any atom is 0.240 e. The third-order valence-corrected chi connectivity index (χ3v) is 4.71. The number of benzene rings is 1. The van der Waals surface area contributed by atoms with Crippen LogP contribution in [0.2, 0.25) is 0 Å². The maximum absolute atomic E-state index is 12.8. The van der Waals surface area contributed by atoms with Crippen molar-refractivity contribution in [2.24, 2.45) is 5.92 Å². The van der Waals surface area contributed by atoms with Gasteiger partial charge < -0.3 is 10.2 Å². The molecule has 21 heavy (non-hydrogen) atoms. The van der Waals surface area contributed by atoms with E-state index in [4.69, 9.17) is 0 Å². The smallest absolute Gasteiger partial charge is 0.240 e. The zero-order chi connectivity index (χ0) is 15.2. The number of hydrogen-bond acceptors (Lipinski definition) is 2. The van der Waals surface area contributed by atoms with Gasteiger partial charge in [-0.1, -0.05) is 51.0 Å². The lowest BCUT2D eigenvalue weighted by Gasteiger charge is -2.32.